The summed E-state index contributed by atoms with van der Waals surface area (Å²) in [6.45, 7) is 2.73. The Morgan fingerprint density at radius 3 is 2.50 bits per heavy atom. The maximum atomic E-state index is 12.5. The molecule has 0 saturated carbocycles. The molecule has 0 aliphatic carbocycles. The summed E-state index contributed by atoms with van der Waals surface area (Å²) in [7, 11) is 0. The lowest BCUT2D eigenvalue weighted by Crippen LogP contribution is -2.43. The highest BCUT2D eigenvalue weighted by Crippen LogP contribution is 2.29. The van der Waals surface area contributed by atoms with Crippen LogP contribution in [0, 0.1) is 0 Å². The van der Waals surface area contributed by atoms with Crippen LogP contribution in [0.3, 0.4) is 0 Å². The second-order valence-electron chi connectivity index (χ2n) is 4.34. The molecule has 0 aliphatic heterocycles. The fraction of sp³-hybridized carbons (Fsp3) is 0.385. The van der Waals surface area contributed by atoms with E-state index in [1.54, 1.807) is 0 Å². The van der Waals surface area contributed by atoms with E-state index in [0.29, 0.717) is 5.56 Å². The van der Waals surface area contributed by atoms with Crippen molar-refractivity contribution in [2.24, 2.45) is 0 Å². The molecule has 0 aliphatic rings. The van der Waals surface area contributed by atoms with Crippen LogP contribution >= 0.6 is 0 Å². The molecule has 1 unspecified atom stereocenters. The lowest BCUT2D eigenvalue weighted by molar-refractivity contribution is -0.137. The van der Waals surface area contributed by atoms with Gasteiger partial charge in [0.15, 0.2) is 0 Å². The molecule has 0 bridgehead atoms. The molecular formula is C13H15F3N2O2. The minimum Gasteiger partial charge on any atom is -0.350 e. The van der Waals surface area contributed by atoms with Gasteiger partial charge in [-0.2, -0.15) is 13.2 Å². The smallest absolute Gasteiger partial charge is 0.350 e. The fourth-order valence-corrected chi connectivity index (χ4v) is 1.57. The summed E-state index contributed by atoms with van der Waals surface area (Å²) < 4.78 is 37.5. The van der Waals surface area contributed by atoms with Crippen LogP contribution in [0.15, 0.2) is 24.3 Å². The number of carbonyl (C=O) groups excluding carboxylic acids is 2. The quantitative estimate of drug-likeness (QED) is 0.888. The number of rotatable bonds is 4. The molecule has 0 radical (unpaired) electrons. The highest BCUT2D eigenvalue weighted by Gasteiger charge is 2.30. The van der Waals surface area contributed by atoms with Crippen LogP contribution in [0.25, 0.3) is 0 Å². The van der Waals surface area contributed by atoms with E-state index in [1.807, 2.05) is 0 Å². The van der Waals surface area contributed by atoms with Crippen LogP contribution in [0.4, 0.5) is 13.2 Å². The molecule has 1 aromatic rings. The summed E-state index contributed by atoms with van der Waals surface area (Å²) in [6.07, 6.45) is -4.41. The number of carbonyl (C=O) groups is 2. The largest absolute Gasteiger partial charge is 0.416 e. The van der Waals surface area contributed by atoms with Crippen molar-refractivity contribution in [1.82, 2.24) is 10.6 Å². The van der Waals surface area contributed by atoms with Gasteiger partial charge in [-0.15, -0.1) is 0 Å². The standard InChI is InChI=1S/C13H15F3N2O2/c1-8(18-9(2)19)12(20)17-7-10-4-3-5-11(6-10)13(14,15)16/h3-6,8H,7H2,1-2H3,(H,17,20)(H,18,19). The zero-order chi connectivity index (χ0) is 15.3. The van der Waals surface area contributed by atoms with Gasteiger partial charge in [0.25, 0.3) is 0 Å². The van der Waals surface area contributed by atoms with Gasteiger partial charge in [0.2, 0.25) is 11.8 Å². The molecular weight excluding hydrogens is 273 g/mol. The molecule has 0 saturated heterocycles. The fourth-order valence-electron chi connectivity index (χ4n) is 1.57. The van der Waals surface area contributed by atoms with Gasteiger partial charge in [-0.1, -0.05) is 12.1 Å². The minimum atomic E-state index is -4.41. The summed E-state index contributed by atoms with van der Waals surface area (Å²) >= 11 is 0. The topological polar surface area (TPSA) is 58.2 Å². The highest BCUT2D eigenvalue weighted by molar-refractivity contribution is 5.86. The van der Waals surface area contributed by atoms with Gasteiger partial charge >= 0.3 is 6.18 Å². The molecule has 20 heavy (non-hydrogen) atoms. The van der Waals surface area contributed by atoms with Crippen molar-refractivity contribution in [2.45, 2.75) is 32.6 Å². The Balaban J connectivity index is 2.62. The number of amides is 2. The van der Waals surface area contributed by atoms with Crippen LogP contribution < -0.4 is 10.6 Å². The van der Waals surface area contributed by atoms with Gasteiger partial charge in [-0.3, -0.25) is 9.59 Å². The number of hydrogen-bond acceptors (Lipinski definition) is 2. The van der Waals surface area contributed by atoms with Crippen molar-refractivity contribution < 1.29 is 22.8 Å². The van der Waals surface area contributed by atoms with Crippen molar-refractivity contribution >= 4 is 11.8 Å². The van der Waals surface area contributed by atoms with Gasteiger partial charge in [0.1, 0.15) is 6.04 Å². The second-order valence-corrected chi connectivity index (χ2v) is 4.34. The lowest BCUT2D eigenvalue weighted by Gasteiger charge is -2.13. The van der Waals surface area contributed by atoms with Gasteiger partial charge in [0.05, 0.1) is 5.56 Å². The summed E-state index contributed by atoms with van der Waals surface area (Å²) in [5.41, 5.74) is -0.428. The Labute approximate surface area is 114 Å². The predicted molar refractivity (Wildman–Crippen MR) is 66.6 cm³/mol. The molecule has 0 aromatic heterocycles. The maximum absolute atomic E-state index is 12.5. The molecule has 1 rings (SSSR count). The van der Waals surface area contributed by atoms with Crippen molar-refractivity contribution in [3.63, 3.8) is 0 Å². The molecule has 2 N–H and O–H groups in total. The van der Waals surface area contributed by atoms with E-state index >= 15 is 0 Å². The third-order valence-electron chi connectivity index (χ3n) is 2.53. The van der Waals surface area contributed by atoms with Crippen LogP contribution in [0.2, 0.25) is 0 Å². The third kappa shape index (κ3) is 4.91. The second kappa shape index (κ2) is 6.40. The van der Waals surface area contributed by atoms with E-state index < -0.39 is 23.7 Å². The van der Waals surface area contributed by atoms with Crippen molar-refractivity contribution in [1.29, 1.82) is 0 Å². The summed E-state index contributed by atoms with van der Waals surface area (Å²) in [4.78, 5) is 22.4. The molecule has 0 spiro atoms. The van der Waals surface area contributed by atoms with E-state index in [0.717, 1.165) is 12.1 Å². The lowest BCUT2D eigenvalue weighted by atomic mass is 10.1. The normalized spacial score (nSPS) is 12.7. The molecule has 1 atom stereocenters. The van der Waals surface area contributed by atoms with Gasteiger partial charge in [-0.25, -0.2) is 0 Å². The van der Waals surface area contributed by atoms with Gasteiger partial charge in [0, 0.05) is 13.5 Å². The van der Waals surface area contributed by atoms with Crippen LogP contribution in [-0.4, -0.2) is 17.9 Å². The Bertz CT molecular complexity index is 501. The Kier molecular flexibility index (Phi) is 5.12. The molecule has 0 fully saturated rings. The van der Waals surface area contributed by atoms with Crippen LogP contribution in [-0.2, 0) is 22.3 Å². The van der Waals surface area contributed by atoms with Gasteiger partial charge in [-0.05, 0) is 24.6 Å². The van der Waals surface area contributed by atoms with Crippen LogP contribution in [0.1, 0.15) is 25.0 Å². The maximum Gasteiger partial charge on any atom is 0.416 e. The van der Waals surface area contributed by atoms with Crippen molar-refractivity contribution in [3.8, 4) is 0 Å². The Morgan fingerprint density at radius 2 is 1.95 bits per heavy atom. The first-order chi connectivity index (χ1) is 9.20. The van der Waals surface area contributed by atoms with Crippen molar-refractivity contribution in [2.75, 3.05) is 0 Å². The average molecular weight is 288 g/mol. The zero-order valence-corrected chi connectivity index (χ0v) is 11.0. The average Bonchev–Trinajstić information content (AvgIpc) is 2.34. The summed E-state index contributed by atoms with van der Waals surface area (Å²) in [5.74, 6) is -0.815. The SMILES string of the molecule is CC(=O)NC(C)C(=O)NCc1cccc(C(F)(F)F)c1. The third-order valence-corrected chi connectivity index (χ3v) is 2.53. The van der Waals surface area contributed by atoms with E-state index in [9.17, 15) is 22.8 Å². The number of halogens is 3. The first-order valence-electron chi connectivity index (χ1n) is 5.91. The molecule has 7 heteroatoms. The number of benzene rings is 1. The first-order valence-corrected chi connectivity index (χ1v) is 5.91. The molecule has 2 amide bonds. The van der Waals surface area contributed by atoms with Gasteiger partial charge < -0.3 is 10.6 Å². The predicted octanol–water partition coefficient (Wildman–Crippen LogP) is 1.85. The van der Waals surface area contributed by atoms with E-state index in [-0.39, 0.29) is 12.5 Å². The molecule has 4 nitrogen and oxygen atoms in total. The number of hydrogen-bond donors (Lipinski definition) is 2. The molecule has 0 heterocycles. The van der Waals surface area contributed by atoms with E-state index in [2.05, 4.69) is 10.6 Å². The minimum absolute atomic E-state index is 0.0350. The van der Waals surface area contributed by atoms with E-state index in [4.69, 9.17) is 0 Å². The monoisotopic (exact) mass is 288 g/mol. The Hall–Kier alpha value is -2.05. The first kappa shape index (κ1) is 16.0. The van der Waals surface area contributed by atoms with Crippen molar-refractivity contribution in [3.05, 3.63) is 35.4 Å². The number of nitrogens with one attached hydrogen (secondary N) is 2. The summed E-state index contributed by atoms with van der Waals surface area (Å²) in [5, 5.41) is 4.85. The summed E-state index contributed by atoms with van der Waals surface area (Å²) in [6, 6.07) is 3.97. The molecule has 110 valence electrons. The zero-order valence-electron chi connectivity index (χ0n) is 11.0. The highest BCUT2D eigenvalue weighted by atomic mass is 19.4. The Morgan fingerprint density at radius 1 is 1.30 bits per heavy atom. The van der Waals surface area contributed by atoms with E-state index in [1.165, 1.54) is 26.0 Å². The number of alkyl halides is 3. The molecule has 1 aromatic carbocycles. The van der Waals surface area contributed by atoms with Crippen LogP contribution in [0.5, 0.6) is 0 Å².